The average molecular weight is 166 g/mol. The van der Waals surface area contributed by atoms with Gasteiger partial charge in [0, 0.05) is 5.92 Å². The van der Waals surface area contributed by atoms with E-state index in [1.165, 1.54) is 0 Å². The van der Waals surface area contributed by atoms with Crippen LogP contribution in [0.15, 0.2) is 36.5 Å². The highest BCUT2D eigenvalue weighted by Gasteiger charge is 2.27. The Kier molecular flexibility index (Phi) is 2.50. The Balaban J connectivity index is 2.92. The zero-order valence-electron chi connectivity index (χ0n) is 7.20. The van der Waals surface area contributed by atoms with E-state index < -0.39 is 12.2 Å². The minimum atomic E-state index is -0.643. The second-order valence-corrected chi connectivity index (χ2v) is 3.22. The zero-order chi connectivity index (χ0) is 9.30. The van der Waals surface area contributed by atoms with Crippen LogP contribution in [-0.4, -0.2) is 22.4 Å². The van der Waals surface area contributed by atoms with E-state index in [0.717, 1.165) is 5.57 Å². The van der Waals surface area contributed by atoms with E-state index in [1.54, 1.807) is 12.2 Å². The Hall–Kier alpha value is -0.860. The zero-order valence-corrected chi connectivity index (χ0v) is 7.20. The molecule has 0 saturated heterocycles. The van der Waals surface area contributed by atoms with Crippen molar-refractivity contribution >= 4 is 0 Å². The molecule has 0 bridgehead atoms. The first-order valence-corrected chi connectivity index (χ1v) is 3.92. The van der Waals surface area contributed by atoms with Crippen LogP contribution in [0.2, 0.25) is 0 Å². The van der Waals surface area contributed by atoms with Gasteiger partial charge in [0.15, 0.2) is 0 Å². The summed E-state index contributed by atoms with van der Waals surface area (Å²) in [6.45, 7) is 9.30. The fourth-order valence-electron chi connectivity index (χ4n) is 1.47. The fourth-order valence-corrected chi connectivity index (χ4v) is 1.47. The molecule has 0 fully saturated rings. The van der Waals surface area contributed by atoms with E-state index in [2.05, 4.69) is 13.2 Å². The van der Waals surface area contributed by atoms with Crippen LogP contribution < -0.4 is 0 Å². The highest BCUT2D eigenvalue weighted by Crippen LogP contribution is 2.29. The molecule has 0 aliphatic heterocycles. The first-order chi connectivity index (χ1) is 5.54. The van der Waals surface area contributed by atoms with Crippen molar-refractivity contribution in [3.63, 3.8) is 0 Å². The molecule has 3 atom stereocenters. The maximum absolute atomic E-state index is 9.51. The quantitative estimate of drug-likeness (QED) is 0.571. The summed E-state index contributed by atoms with van der Waals surface area (Å²) >= 11 is 0. The summed E-state index contributed by atoms with van der Waals surface area (Å²) in [6, 6.07) is 0. The smallest absolute Gasteiger partial charge is 0.0937 e. The van der Waals surface area contributed by atoms with E-state index in [9.17, 15) is 10.2 Å². The maximum atomic E-state index is 9.51. The SMILES string of the molecule is C=C(C)[C@H]1C(=C)[C@@H](O)C=C[C@H]1O. The third kappa shape index (κ3) is 1.49. The highest BCUT2D eigenvalue weighted by atomic mass is 16.3. The lowest BCUT2D eigenvalue weighted by atomic mass is 9.81. The summed E-state index contributed by atoms with van der Waals surface area (Å²) in [4.78, 5) is 0. The number of hydrogen-bond acceptors (Lipinski definition) is 2. The van der Waals surface area contributed by atoms with E-state index in [0.29, 0.717) is 5.57 Å². The third-order valence-electron chi connectivity index (χ3n) is 2.14. The van der Waals surface area contributed by atoms with Crippen molar-refractivity contribution in [2.24, 2.45) is 5.92 Å². The summed E-state index contributed by atoms with van der Waals surface area (Å²) in [5.41, 5.74) is 1.45. The normalized spacial score (nSPS) is 35.2. The van der Waals surface area contributed by atoms with Crippen LogP contribution in [0.4, 0.5) is 0 Å². The molecule has 0 saturated carbocycles. The molecule has 66 valence electrons. The number of aliphatic hydroxyl groups excluding tert-OH is 2. The van der Waals surface area contributed by atoms with Crippen molar-refractivity contribution in [3.8, 4) is 0 Å². The number of aliphatic hydroxyl groups is 2. The minimum Gasteiger partial charge on any atom is -0.388 e. The molecule has 0 spiro atoms. The topological polar surface area (TPSA) is 40.5 Å². The Morgan fingerprint density at radius 3 is 2.42 bits per heavy atom. The van der Waals surface area contributed by atoms with Gasteiger partial charge in [-0.05, 0) is 12.5 Å². The van der Waals surface area contributed by atoms with Crippen molar-refractivity contribution in [2.75, 3.05) is 0 Å². The monoisotopic (exact) mass is 166 g/mol. The van der Waals surface area contributed by atoms with Crippen LogP contribution in [0.3, 0.4) is 0 Å². The molecule has 0 heterocycles. The molecule has 1 aliphatic rings. The van der Waals surface area contributed by atoms with Gasteiger partial charge >= 0.3 is 0 Å². The molecule has 1 rings (SSSR count). The van der Waals surface area contributed by atoms with Crippen LogP contribution in [0, 0.1) is 5.92 Å². The van der Waals surface area contributed by atoms with Crippen LogP contribution in [0.25, 0.3) is 0 Å². The number of rotatable bonds is 1. The Labute approximate surface area is 72.5 Å². The summed E-state index contributed by atoms with van der Waals surface area (Å²) < 4.78 is 0. The van der Waals surface area contributed by atoms with E-state index in [1.807, 2.05) is 6.92 Å². The Morgan fingerprint density at radius 2 is 2.00 bits per heavy atom. The average Bonchev–Trinajstić information content (AvgIpc) is 1.97. The van der Waals surface area contributed by atoms with E-state index in [-0.39, 0.29) is 5.92 Å². The van der Waals surface area contributed by atoms with Gasteiger partial charge in [-0.3, -0.25) is 0 Å². The van der Waals surface area contributed by atoms with Gasteiger partial charge in [-0.15, -0.1) is 0 Å². The van der Waals surface area contributed by atoms with Gasteiger partial charge in [0.05, 0.1) is 12.2 Å². The van der Waals surface area contributed by atoms with Gasteiger partial charge in [-0.25, -0.2) is 0 Å². The standard InChI is InChI=1S/C10H14O2/c1-6(2)10-7(3)8(11)4-5-9(10)12/h4-5,8-12H,1,3H2,2H3/t8-,9+,10-/m0/s1. The number of hydrogen-bond donors (Lipinski definition) is 2. The van der Waals surface area contributed by atoms with Gasteiger partial charge in [-0.1, -0.05) is 30.9 Å². The van der Waals surface area contributed by atoms with Gasteiger partial charge in [0.2, 0.25) is 0 Å². The lowest BCUT2D eigenvalue weighted by Crippen LogP contribution is -2.30. The lowest BCUT2D eigenvalue weighted by Gasteiger charge is -2.29. The van der Waals surface area contributed by atoms with E-state index >= 15 is 0 Å². The molecule has 0 amide bonds. The molecular weight excluding hydrogens is 152 g/mol. The molecular formula is C10H14O2. The molecule has 0 unspecified atom stereocenters. The fraction of sp³-hybridized carbons (Fsp3) is 0.400. The maximum Gasteiger partial charge on any atom is 0.0937 e. The second kappa shape index (κ2) is 3.25. The molecule has 1 aliphatic carbocycles. The first kappa shape index (κ1) is 9.23. The summed E-state index contributed by atoms with van der Waals surface area (Å²) in [5.74, 6) is -0.204. The summed E-state index contributed by atoms with van der Waals surface area (Å²) in [5, 5.41) is 18.9. The predicted octanol–water partition coefficient (Wildman–Crippen LogP) is 1.03. The molecule has 2 N–H and O–H groups in total. The summed E-state index contributed by atoms with van der Waals surface area (Å²) in [6.07, 6.45) is 1.90. The van der Waals surface area contributed by atoms with Crippen molar-refractivity contribution in [1.29, 1.82) is 0 Å². The van der Waals surface area contributed by atoms with Crippen LogP contribution in [0.1, 0.15) is 6.92 Å². The molecule has 12 heavy (non-hydrogen) atoms. The Bertz CT molecular complexity index is 240. The predicted molar refractivity (Wildman–Crippen MR) is 48.6 cm³/mol. The molecule has 0 aromatic heterocycles. The van der Waals surface area contributed by atoms with Gasteiger partial charge in [-0.2, -0.15) is 0 Å². The first-order valence-electron chi connectivity index (χ1n) is 3.92. The third-order valence-corrected chi connectivity index (χ3v) is 2.14. The van der Waals surface area contributed by atoms with Crippen molar-refractivity contribution in [1.82, 2.24) is 0 Å². The molecule has 2 heteroatoms. The van der Waals surface area contributed by atoms with Crippen LogP contribution in [-0.2, 0) is 0 Å². The molecule has 0 radical (unpaired) electrons. The summed E-state index contributed by atoms with van der Waals surface area (Å²) in [7, 11) is 0. The van der Waals surface area contributed by atoms with Crippen LogP contribution >= 0.6 is 0 Å². The Morgan fingerprint density at radius 1 is 1.42 bits per heavy atom. The van der Waals surface area contributed by atoms with Crippen molar-refractivity contribution in [2.45, 2.75) is 19.1 Å². The van der Waals surface area contributed by atoms with Gasteiger partial charge in [0.25, 0.3) is 0 Å². The van der Waals surface area contributed by atoms with Crippen molar-refractivity contribution < 1.29 is 10.2 Å². The van der Waals surface area contributed by atoms with Crippen molar-refractivity contribution in [3.05, 3.63) is 36.5 Å². The minimum absolute atomic E-state index is 0.204. The second-order valence-electron chi connectivity index (χ2n) is 3.22. The van der Waals surface area contributed by atoms with Gasteiger partial charge < -0.3 is 10.2 Å². The highest BCUT2D eigenvalue weighted by molar-refractivity contribution is 5.30. The molecule has 0 aromatic rings. The van der Waals surface area contributed by atoms with Crippen LogP contribution in [0.5, 0.6) is 0 Å². The van der Waals surface area contributed by atoms with Gasteiger partial charge in [0.1, 0.15) is 0 Å². The molecule has 2 nitrogen and oxygen atoms in total. The molecule has 0 aromatic carbocycles. The van der Waals surface area contributed by atoms with E-state index in [4.69, 9.17) is 0 Å². The largest absolute Gasteiger partial charge is 0.388 e. The lowest BCUT2D eigenvalue weighted by molar-refractivity contribution is 0.152.